The summed E-state index contributed by atoms with van der Waals surface area (Å²) in [5.41, 5.74) is 3.33. The van der Waals surface area contributed by atoms with Gasteiger partial charge in [-0.3, -0.25) is 9.59 Å². The van der Waals surface area contributed by atoms with Crippen LogP contribution >= 0.6 is 0 Å². The third kappa shape index (κ3) is 4.33. The Morgan fingerprint density at radius 2 is 1.76 bits per heavy atom. The van der Waals surface area contributed by atoms with Gasteiger partial charge in [-0.25, -0.2) is 9.98 Å². The summed E-state index contributed by atoms with van der Waals surface area (Å²) < 4.78 is 5.41. The van der Waals surface area contributed by atoms with E-state index in [1.165, 1.54) is 0 Å². The SMILES string of the molecule is O=C(NC1N=C(c2ccccc2)c2ccccc2NC1=O)c1cccnc1N1CCOCC1. The van der Waals surface area contributed by atoms with Gasteiger partial charge in [0.1, 0.15) is 5.82 Å². The van der Waals surface area contributed by atoms with Crippen LogP contribution in [0.1, 0.15) is 21.5 Å². The maximum absolute atomic E-state index is 13.3. The van der Waals surface area contributed by atoms with Crippen LogP contribution in [-0.4, -0.2) is 55.0 Å². The zero-order chi connectivity index (χ0) is 22.6. The quantitative estimate of drug-likeness (QED) is 0.649. The van der Waals surface area contributed by atoms with E-state index in [0.717, 1.165) is 11.1 Å². The highest BCUT2D eigenvalue weighted by atomic mass is 16.5. The average Bonchev–Trinajstić information content (AvgIpc) is 3.01. The molecule has 2 amide bonds. The Balaban J connectivity index is 1.49. The van der Waals surface area contributed by atoms with Crippen molar-refractivity contribution in [2.45, 2.75) is 6.17 Å². The second-order valence-electron chi connectivity index (χ2n) is 7.73. The Labute approximate surface area is 191 Å². The lowest BCUT2D eigenvalue weighted by molar-refractivity contribution is -0.117. The molecule has 3 aromatic rings. The summed E-state index contributed by atoms with van der Waals surface area (Å²) in [6.07, 6.45) is 0.556. The molecule has 2 aliphatic rings. The molecule has 0 aliphatic carbocycles. The fourth-order valence-corrected chi connectivity index (χ4v) is 3.98. The van der Waals surface area contributed by atoms with Crippen LogP contribution in [0.4, 0.5) is 11.5 Å². The lowest BCUT2D eigenvalue weighted by Gasteiger charge is -2.29. The number of rotatable bonds is 4. The number of morpholine rings is 1. The average molecular weight is 441 g/mol. The number of carbonyl (C=O) groups is 2. The largest absolute Gasteiger partial charge is 0.378 e. The van der Waals surface area contributed by atoms with Crippen molar-refractivity contribution in [3.05, 3.63) is 89.6 Å². The molecule has 2 N–H and O–H groups in total. The number of fused-ring (bicyclic) bond motifs is 1. The number of aliphatic imine (C=N–C) groups is 1. The summed E-state index contributed by atoms with van der Waals surface area (Å²) in [6.45, 7) is 2.44. The molecule has 1 unspecified atom stereocenters. The van der Waals surface area contributed by atoms with Gasteiger partial charge in [0.05, 0.1) is 30.2 Å². The number of amides is 2. The van der Waals surface area contributed by atoms with Crippen molar-refractivity contribution in [2.24, 2.45) is 4.99 Å². The summed E-state index contributed by atoms with van der Waals surface area (Å²) in [4.78, 5) is 37.5. The van der Waals surface area contributed by atoms with Gasteiger partial charge in [-0.15, -0.1) is 0 Å². The fraction of sp³-hybridized carbons (Fsp3) is 0.200. The van der Waals surface area contributed by atoms with Crippen molar-refractivity contribution < 1.29 is 14.3 Å². The van der Waals surface area contributed by atoms with E-state index in [1.54, 1.807) is 18.3 Å². The van der Waals surface area contributed by atoms with Gasteiger partial charge in [-0.1, -0.05) is 48.5 Å². The number of para-hydroxylation sites is 1. The molecule has 2 aliphatic heterocycles. The summed E-state index contributed by atoms with van der Waals surface area (Å²) in [7, 11) is 0. The lowest BCUT2D eigenvalue weighted by Crippen LogP contribution is -2.43. The fourth-order valence-electron chi connectivity index (χ4n) is 3.98. The number of aromatic nitrogens is 1. The van der Waals surface area contributed by atoms with Crippen LogP contribution in [-0.2, 0) is 9.53 Å². The van der Waals surface area contributed by atoms with Crippen molar-refractivity contribution in [1.82, 2.24) is 10.3 Å². The van der Waals surface area contributed by atoms with E-state index >= 15 is 0 Å². The van der Waals surface area contributed by atoms with Gasteiger partial charge in [-0.05, 0) is 18.2 Å². The van der Waals surface area contributed by atoms with Crippen LogP contribution in [0.15, 0.2) is 77.9 Å². The molecule has 0 radical (unpaired) electrons. The number of carbonyl (C=O) groups excluding carboxylic acids is 2. The number of anilines is 2. The van der Waals surface area contributed by atoms with E-state index in [0.29, 0.717) is 49.1 Å². The van der Waals surface area contributed by atoms with Crippen LogP contribution in [0, 0.1) is 0 Å². The number of hydrogen-bond acceptors (Lipinski definition) is 6. The van der Waals surface area contributed by atoms with Gasteiger partial charge in [0.2, 0.25) is 6.17 Å². The van der Waals surface area contributed by atoms with Gasteiger partial charge in [0, 0.05) is 30.4 Å². The highest BCUT2D eigenvalue weighted by Gasteiger charge is 2.29. The van der Waals surface area contributed by atoms with E-state index in [9.17, 15) is 9.59 Å². The highest BCUT2D eigenvalue weighted by Crippen LogP contribution is 2.24. The summed E-state index contributed by atoms with van der Waals surface area (Å²) in [5, 5.41) is 5.70. The van der Waals surface area contributed by atoms with E-state index in [4.69, 9.17) is 9.73 Å². The monoisotopic (exact) mass is 441 g/mol. The van der Waals surface area contributed by atoms with Gasteiger partial charge < -0.3 is 20.3 Å². The molecular formula is C25H23N5O3. The smallest absolute Gasteiger partial charge is 0.269 e. The van der Waals surface area contributed by atoms with E-state index in [1.807, 2.05) is 59.5 Å². The maximum Gasteiger partial charge on any atom is 0.269 e. The number of pyridine rings is 1. The number of ether oxygens (including phenoxy) is 1. The van der Waals surface area contributed by atoms with Crippen LogP contribution in [0.25, 0.3) is 0 Å². The molecule has 2 aromatic carbocycles. The molecular weight excluding hydrogens is 418 g/mol. The minimum Gasteiger partial charge on any atom is -0.378 e. The summed E-state index contributed by atoms with van der Waals surface area (Å²) in [5.74, 6) is -0.242. The molecule has 33 heavy (non-hydrogen) atoms. The predicted octanol–water partition coefficient (Wildman–Crippen LogP) is 2.46. The number of benzene rings is 2. The minimum absolute atomic E-state index is 0.394. The van der Waals surface area contributed by atoms with Crippen LogP contribution < -0.4 is 15.5 Å². The minimum atomic E-state index is -1.10. The second-order valence-corrected chi connectivity index (χ2v) is 7.73. The molecule has 5 rings (SSSR count). The van der Waals surface area contributed by atoms with E-state index in [-0.39, 0.29) is 0 Å². The highest BCUT2D eigenvalue weighted by molar-refractivity contribution is 6.20. The van der Waals surface area contributed by atoms with Crippen LogP contribution in [0.2, 0.25) is 0 Å². The zero-order valence-electron chi connectivity index (χ0n) is 17.9. The van der Waals surface area contributed by atoms with Crippen LogP contribution in [0.3, 0.4) is 0 Å². The Morgan fingerprint density at radius 3 is 2.58 bits per heavy atom. The zero-order valence-corrected chi connectivity index (χ0v) is 17.9. The Morgan fingerprint density at radius 1 is 1.00 bits per heavy atom. The predicted molar refractivity (Wildman–Crippen MR) is 126 cm³/mol. The van der Waals surface area contributed by atoms with Crippen molar-refractivity contribution in [3.63, 3.8) is 0 Å². The molecule has 0 saturated carbocycles. The van der Waals surface area contributed by atoms with Crippen molar-refractivity contribution in [1.29, 1.82) is 0 Å². The topological polar surface area (TPSA) is 95.9 Å². The lowest BCUT2D eigenvalue weighted by atomic mass is 10.0. The van der Waals surface area contributed by atoms with Crippen molar-refractivity contribution in [3.8, 4) is 0 Å². The molecule has 1 saturated heterocycles. The first-order valence-electron chi connectivity index (χ1n) is 10.8. The first-order valence-corrected chi connectivity index (χ1v) is 10.8. The van der Waals surface area contributed by atoms with Gasteiger partial charge in [0.25, 0.3) is 11.8 Å². The van der Waals surface area contributed by atoms with Gasteiger partial charge in [0.15, 0.2) is 0 Å². The Kier molecular flexibility index (Phi) is 5.82. The molecule has 0 bridgehead atoms. The van der Waals surface area contributed by atoms with Crippen molar-refractivity contribution in [2.75, 3.05) is 36.5 Å². The number of nitrogens with zero attached hydrogens (tertiary/aromatic N) is 3. The normalized spacial score (nSPS) is 17.9. The van der Waals surface area contributed by atoms with E-state index < -0.39 is 18.0 Å². The number of benzodiazepines with no additional fused rings is 1. The standard InChI is InChI=1S/C25H23N5O3/c31-24(19-10-6-12-26-23(19)30-13-15-33-16-14-30)29-22-25(32)27-20-11-5-4-9-18(20)21(28-22)17-7-2-1-3-8-17/h1-12,22H,13-16H2,(H,27,32)(H,29,31). The Bertz CT molecular complexity index is 1210. The first kappa shape index (κ1) is 20.8. The van der Waals surface area contributed by atoms with Crippen molar-refractivity contribution >= 4 is 29.0 Å². The molecule has 1 fully saturated rings. The Hall–Kier alpha value is -4.04. The van der Waals surface area contributed by atoms with Crippen LogP contribution in [0.5, 0.6) is 0 Å². The molecule has 1 atom stereocenters. The van der Waals surface area contributed by atoms with Gasteiger partial charge >= 0.3 is 0 Å². The molecule has 3 heterocycles. The van der Waals surface area contributed by atoms with Gasteiger partial charge in [-0.2, -0.15) is 0 Å². The second kappa shape index (κ2) is 9.22. The first-order chi connectivity index (χ1) is 16.2. The third-order valence-electron chi connectivity index (χ3n) is 5.60. The number of hydrogen-bond donors (Lipinski definition) is 2. The number of nitrogens with one attached hydrogen (secondary N) is 2. The molecule has 8 nitrogen and oxygen atoms in total. The maximum atomic E-state index is 13.3. The molecule has 1 aromatic heterocycles. The molecule has 166 valence electrons. The summed E-state index contributed by atoms with van der Waals surface area (Å²) >= 11 is 0. The van der Waals surface area contributed by atoms with E-state index in [2.05, 4.69) is 15.6 Å². The molecule has 0 spiro atoms. The third-order valence-corrected chi connectivity index (χ3v) is 5.60. The summed E-state index contributed by atoms with van der Waals surface area (Å²) in [6, 6.07) is 20.5. The molecule has 8 heteroatoms.